The van der Waals surface area contributed by atoms with E-state index < -0.39 is 42.1 Å². The molecule has 124 valence electrons. The Morgan fingerprint density at radius 2 is 1.71 bits per heavy atom. The highest BCUT2D eigenvalue weighted by Gasteiger charge is 2.48. The number of carboxylic acids is 1. The number of carbonyl (C=O) groups is 1. The van der Waals surface area contributed by atoms with Gasteiger partial charge < -0.3 is 35.0 Å². The summed E-state index contributed by atoms with van der Waals surface area (Å²) in [6.07, 6.45) is -8.19. The van der Waals surface area contributed by atoms with Crippen molar-refractivity contribution < 1.29 is 39.8 Å². The second-order valence-electron chi connectivity index (χ2n) is 4.97. The van der Waals surface area contributed by atoms with Crippen molar-refractivity contribution >= 4 is 37.8 Å². The van der Waals surface area contributed by atoms with Crippen molar-refractivity contribution in [2.24, 2.45) is 5.41 Å². The molecule has 0 amide bonds. The molecule has 1 aliphatic heterocycles. The Balaban J connectivity index is 2.75. The fourth-order valence-electron chi connectivity index (χ4n) is 1.69. The van der Waals surface area contributed by atoms with E-state index in [1.54, 1.807) is 0 Å². The van der Waals surface area contributed by atoms with Crippen molar-refractivity contribution in [1.82, 2.24) is 0 Å². The average molecular weight is 438 g/mol. The van der Waals surface area contributed by atoms with E-state index in [4.69, 9.17) is 14.6 Å². The van der Waals surface area contributed by atoms with Gasteiger partial charge in [0.2, 0.25) is 0 Å². The van der Waals surface area contributed by atoms with Crippen LogP contribution in [-0.2, 0) is 14.3 Å². The zero-order valence-corrected chi connectivity index (χ0v) is 14.1. The lowest BCUT2D eigenvalue weighted by Gasteiger charge is -2.40. The van der Waals surface area contributed by atoms with Crippen LogP contribution in [0.25, 0.3) is 0 Å². The third-order valence-corrected chi connectivity index (χ3v) is 5.65. The molecule has 0 bridgehead atoms. The van der Waals surface area contributed by atoms with Crippen LogP contribution >= 0.6 is 31.9 Å². The zero-order chi connectivity index (χ0) is 16.2. The van der Waals surface area contributed by atoms with E-state index in [2.05, 4.69) is 31.9 Å². The van der Waals surface area contributed by atoms with Crippen LogP contribution in [0.4, 0.5) is 0 Å². The minimum Gasteiger partial charge on any atom is -0.479 e. The van der Waals surface area contributed by atoms with Gasteiger partial charge in [-0.25, -0.2) is 4.79 Å². The monoisotopic (exact) mass is 436 g/mol. The number of ether oxygens (including phenoxy) is 2. The van der Waals surface area contributed by atoms with Gasteiger partial charge in [-0.1, -0.05) is 31.9 Å². The SMILES string of the molecule is O=C(O)[C@H]1O[C@@H](OCC(CO)(CBr)CBr)[C@H](O)[C@@H](O)[C@@H]1O. The Morgan fingerprint density at radius 1 is 1.14 bits per heavy atom. The molecular formula is C11H18Br2O8. The second-order valence-corrected chi connectivity index (χ2v) is 6.09. The molecule has 1 fully saturated rings. The topological polar surface area (TPSA) is 137 Å². The van der Waals surface area contributed by atoms with Gasteiger partial charge in [0.15, 0.2) is 12.4 Å². The zero-order valence-electron chi connectivity index (χ0n) is 10.9. The van der Waals surface area contributed by atoms with Crippen molar-refractivity contribution in [2.45, 2.75) is 30.7 Å². The molecule has 0 radical (unpaired) electrons. The minimum absolute atomic E-state index is 0.0586. The summed E-state index contributed by atoms with van der Waals surface area (Å²) in [5.74, 6) is -1.48. The molecular weight excluding hydrogens is 420 g/mol. The van der Waals surface area contributed by atoms with Gasteiger partial charge in [-0.2, -0.15) is 0 Å². The molecule has 1 saturated heterocycles. The average Bonchev–Trinajstić information content (AvgIpc) is 2.48. The molecule has 0 spiro atoms. The van der Waals surface area contributed by atoms with E-state index >= 15 is 0 Å². The maximum atomic E-state index is 10.9. The molecule has 1 rings (SSSR count). The molecule has 1 aliphatic rings. The molecule has 0 saturated carbocycles. The Labute approximate surface area is 137 Å². The number of alkyl halides is 2. The molecule has 8 nitrogen and oxygen atoms in total. The van der Waals surface area contributed by atoms with Crippen LogP contribution in [0, 0.1) is 5.41 Å². The standard InChI is InChI=1S/C11H18Br2O8/c12-1-11(2-13,3-14)4-20-10-7(17)5(15)6(16)8(21-10)9(18)19/h5-8,10,14-17H,1-4H2,(H,18,19)/t5-,6-,7+,8-,10+/m0/s1. The number of rotatable bonds is 7. The molecule has 10 heteroatoms. The molecule has 0 aromatic heterocycles. The molecule has 0 aromatic carbocycles. The predicted octanol–water partition coefficient (Wildman–Crippen LogP) is -1.34. The molecule has 0 unspecified atom stereocenters. The lowest BCUT2D eigenvalue weighted by Crippen LogP contribution is -2.60. The van der Waals surface area contributed by atoms with Crippen LogP contribution in [-0.4, -0.2) is 86.1 Å². The number of halogens is 2. The molecule has 1 heterocycles. The quantitative estimate of drug-likeness (QED) is 0.309. The molecule has 5 atom stereocenters. The smallest absolute Gasteiger partial charge is 0.335 e. The number of aliphatic carboxylic acids is 1. The summed E-state index contributed by atoms with van der Waals surface area (Å²) in [4.78, 5) is 10.9. The van der Waals surface area contributed by atoms with Crippen LogP contribution in [0.1, 0.15) is 0 Å². The maximum absolute atomic E-state index is 10.9. The maximum Gasteiger partial charge on any atom is 0.335 e. The third kappa shape index (κ3) is 4.35. The van der Waals surface area contributed by atoms with Gasteiger partial charge in [-0.05, 0) is 0 Å². The highest BCUT2D eigenvalue weighted by atomic mass is 79.9. The molecule has 0 aliphatic carbocycles. The Hall–Kier alpha value is 0.190. The van der Waals surface area contributed by atoms with Gasteiger partial charge in [0.1, 0.15) is 18.3 Å². The third-order valence-electron chi connectivity index (χ3n) is 3.27. The van der Waals surface area contributed by atoms with E-state index in [1.165, 1.54) is 0 Å². The first-order valence-corrected chi connectivity index (χ1v) is 8.33. The van der Waals surface area contributed by atoms with Crippen LogP contribution in [0.3, 0.4) is 0 Å². The van der Waals surface area contributed by atoms with Gasteiger partial charge in [0.05, 0.1) is 13.2 Å². The summed E-state index contributed by atoms with van der Waals surface area (Å²) in [6.45, 7) is -0.281. The van der Waals surface area contributed by atoms with Gasteiger partial charge in [-0.15, -0.1) is 0 Å². The van der Waals surface area contributed by atoms with Gasteiger partial charge >= 0.3 is 5.97 Å². The summed E-state index contributed by atoms with van der Waals surface area (Å²) in [5.41, 5.74) is -0.692. The van der Waals surface area contributed by atoms with Gasteiger partial charge in [0, 0.05) is 16.1 Å². The highest BCUT2D eigenvalue weighted by molar-refractivity contribution is 9.09. The van der Waals surface area contributed by atoms with E-state index in [1.807, 2.05) is 0 Å². The van der Waals surface area contributed by atoms with Crippen molar-refractivity contribution in [1.29, 1.82) is 0 Å². The number of aliphatic hydroxyl groups excluding tert-OH is 4. The first kappa shape index (κ1) is 19.2. The van der Waals surface area contributed by atoms with Crippen LogP contribution in [0.15, 0.2) is 0 Å². The minimum atomic E-state index is -1.76. The summed E-state index contributed by atoms with van der Waals surface area (Å²) in [5, 5.41) is 48.0. The highest BCUT2D eigenvalue weighted by Crippen LogP contribution is 2.27. The summed E-state index contributed by atoms with van der Waals surface area (Å²) >= 11 is 6.47. The van der Waals surface area contributed by atoms with Crippen molar-refractivity contribution in [3.05, 3.63) is 0 Å². The van der Waals surface area contributed by atoms with E-state index in [0.717, 1.165) is 0 Å². The van der Waals surface area contributed by atoms with E-state index in [-0.39, 0.29) is 13.2 Å². The second kappa shape index (κ2) is 8.16. The predicted molar refractivity (Wildman–Crippen MR) is 77.4 cm³/mol. The summed E-state index contributed by atoms with van der Waals surface area (Å²) < 4.78 is 10.3. The Bertz CT molecular complexity index is 343. The molecule has 21 heavy (non-hydrogen) atoms. The summed E-state index contributed by atoms with van der Waals surface area (Å²) in [7, 11) is 0. The van der Waals surface area contributed by atoms with Crippen molar-refractivity contribution in [3.63, 3.8) is 0 Å². The van der Waals surface area contributed by atoms with Crippen LogP contribution in [0.2, 0.25) is 0 Å². The summed E-state index contributed by atoms with van der Waals surface area (Å²) in [6, 6.07) is 0. The largest absolute Gasteiger partial charge is 0.479 e. The Morgan fingerprint density at radius 3 is 2.14 bits per heavy atom. The molecule has 5 N–H and O–H groups in total. The number of aliphatic hydroxyl groups is 4. The van der Waals surface area contributed by atoms with Crippen molar-refractivity contribution in [2.75, 3.05) is 23.9 Å². The first-order chi connectivity index (χ1) is 9.81. The number of carboxylic acid groups (broad SMARTS) is 1. The van der Waals surface area contributed by atoms with E-state index in [9.17, 15) is 25.2 Å². The fraction of sp³-hybridized carbons (Fsp3) is 0.909. The number of hydrogen-bond acceptors (Lipinski definition) is 7. The van der Waals surface area contributed by atoms with Gasteiger partial charge in [-0.3, -0.25) is 0 Å². The lowest BCUT2D eigenvalue weighted by atomic mass is 9.95. The fourth-order valence-corrected chi connectivity index (χ4v) is 3.30. The lowest BCUT2D eigenvalue weighted by molar-refractivity contribution is -0.298. The number of hydrogen-bond donors (Lipinski definition) is 5. The normalized spacial score (nSPS) is 33.9. The van der Waals surface area contributed by atoms with Gasteiger partial charge in [0.25, 0.3) is 0 Å². The van der Waals surface area contributed by atoms with E-state index in [0.29, 0.717) is 10.7 Å². The molecule has 0 aromatic rings. The van der Waals surface area contributed by atoms with Crippen LogP contribution < -0.4 is 0 Å². The van der Waals surface area contributed by atoms with Crippen LogP contribution in [0.5, 0.6) is 0 Å². The van der Waals surface area contributed by atoms with Crippen molar-refractivity contribution in [3.8, 4) is 0 Å². The first-order valence-electron chi connectivity index (χ1n) is 6.09. The Kier molecular flexibility index (Phi) is 7.47.